The summed E-state index contributed by atoms with van der Waals surface area (Å²) in [6.45, 7) is 7.89. The molecule has 0 radical (unpaired) electrons. The Bertz CT molecular complexity index is 817. The quantitative estimate of drug-likeness (QED) is 0.870. The van der Waals surface area contributed by atoms with E-state index in [1.165, 1.54) is 0 Å². The van der Waals surface area contributed by atoms with Gasteiger partial charge in [-0.25, -0.2) is 4.79 Å². The molecule has 0 aromatic carbocycles. The fourth-order valence-corrected chi connectivity index (χ4v) is 4.44. The minimum absolute atomic E-state index is 0.0319. The molecule has 1 unspecified atom stereocenters. The predicted molar refractivity (Wildman–Crippen MR) is 107 cm³/mol. The predicted octanol–water partition coefficient (Wildman–Crippen LogP) is 3.17. The van der Waals surface area contributed by atoms with Gasteiger partial charge in [-0.15, -0.1) is 0 Å². The second-order valence-electron chi connectivity index (χ2n) is 9.36. The molecular formula is C22H29N3O3. The zero-order valence-corrected chi connectivity index (χ0v) is 17.0. The zero-order valence-electron chi connectivity index (χ0n) is 17.0. The van der Waals surface area contributed by atoms with Gasteiger partial charge in [0.15, 0.2) is 0 Å². The van der Waals surface area contributed by atoms with E-state index in [4.69, 9.17) is 4.74 Å². The van der Waals surface area contributed by atoms with Gasteiger partial charge in [-0.3, -0.25) is 9.78 Å². The van der Waals surface area contributed by atoms with Crippen LogP contribution in [0.4, 0.5) is 4.79 Å². The number of aromatic nitrogens is 1. The molecule has 1 saturated carbocycles. The molecule has 1 N–H and O–H groups in total. The van der Waals surface area contributed by atoms with Crippen molar-refractivity contribution in [3.05, 3.63) is 35.2 Å². The molecule has 3 aliphatic rings. The Morgan fingerprint density at radius 3 is 2.75 bits per heavy atom. The number of hydrogen-bond donors (Lipinski definition) is 1. The van der Waals surface area contributed by atoms with E-state index < -0.39 is 5.60 Å². The maximum absolute atomic E-state index is 12.5. The van der Waals surface area contributed by atoms with Crippen molar-refractivity contribution in [2.45, 2.75) is 52.1 Å². The molecule has 2 fully saturated rings. The third-order valence-corrected chi connectivity index (χ3v) is 6.23. The number of rotatable bonds is 3. The first-order valence-electron chi connectivity index (χ1n) is 10.2. The standard InChI is InChI=1S/C22H29N3O3/c1-21(2,3)28-20(27)25-8-5-22(6-9-25)12-18(22)14-24-19(26)16-10-15-4-7-23-13-17(15)11-16/h4,7,11,13,18H,5-6,8-10,12,14H2,1-3H3,(H,24,26). The number of piperidine rings is 1. The van der Waals surface area contributed by atoms with Gasteiger partial charge in [-0.05, 0) is 74.6 Å². The minimum Gasteiger partial charge on any atom is -0.444 e. The van der Waals surface area contributed by atoms with Crippen molar-refractivity contribution >= 4 is 18.1 Å². The first-order valence-corrected chi connectivity index (χ1v) is 10.2. The number of pyridine rings is 1. The van der Waals surface area contributed by atoms with Crippen LogP contribution in [-0.4, -0.2) is 47.1 Å². The normalized spacial score (nSPS) is 22.5. The Balaban J connectivity index is 1.23. The SMILES string of the molecule is CC(C)(C)OC(=O)N1CCC2(CC1)CC2CNC(=O)C1=Cc2cnccc2C1. The van der Waals surface area contributed by atoms with Crippen LogP contribution < -0.4 is 5.32 Å². The van der Waals surface area contributed by atoms with Crippen LogP contribution in [0.15, 0.2) is 24.0 Å². The van der Waals surface area contributed by atoms with E-state index >= 15 is 0 Å². The fraction of sp³-hybridized carbons (Fsp3) is 0.591. The number of nitrogens with one attached hydrogen (secondary N) is 1. The molecule has 1 aromatic heterocycles. The van der Waals surface area contributed by atoms with Crippen LogP contribution in [-0.2, 0) is 16.0 Å². The van der Waals surface area contributed by atoms with Gasteiger partial charge in [0.2, 0.25) is 5.91 Å². The van der Waals surface area contributed by atoms with E-state index in [0.29, 0.717) is 17.8 Å². The van der Waals surface area contributed by atoms with Crippen LogP contribution in [0.3, 0.4) is 0 Å². The highest BCUT2D eigenvalue weighted by atomic mass is 16.6. The van der Waals surface area contributed by atoms with Crippen molar-refractivity contribution in [1.82, 2.24) is 15.2 Å². The van der Waals surface area contributed by atoms with Crippen molar-refractivity contribution < 1.29 is 14.3 Å². The third kappa shape index (κ3) is 3.91. The first-order chi connectivity index (χ1) is 13.3. The number of fused-ring (bicyclic) bond motifs is 1. The Labute approximate surface area is 166 Å². The molecule has 2 heterocycles. The van der Waals surface area contributed by atoms with Crippen LogP contribution in [0.2, 0.25) is 0 Å². The maximum Gasteiger partial charge on any atom is 0.410 e. The Morgan fingerprint density at radius 2 is 2.07 bits per heavy atom. The number of hydrogen-bond acceptors (Lipinski definition) is 4. The number of amides is 2. The van der Waals surface area contributed by atoms with Crippen molar-refractivity contribution in [1.29, 1.82) is 0 Å². The van der Waals surface area contributed by atoms with Gasteiger partial charge in [0.05, 0.1) is 0 Å². The van der Waals surface area contributed by atoms with Gasteiger partial charge >= 0.3 is 6.09 Å². The van der Waals surface area contributed by atoms with Gasteiger partial charge in [0.1, 0.15) is 5.60 Å². The lowest BCUT2D eigenvalue weighted by Crippen LogP contribution is -2.43. The summed E-state index contributed by atoms with van der Waals surface area (Å²) in [5, 5.41) is 3.13. The van der Waals surface area contributed by atoms with E-state index in [1.54, 1.807) is 6.20 Å². The highest BCUT2D eigenvalue weighted by Crippen LogP contribution is 2.59. The van der Waals surface area contributed by atoms with Crippen molar-refractivity contribution in [2.75, 3.05) is 19.6 Å². The molecule has 150 valence electrons. The molecule has 1 atom stereocenters. The van der Waals surface area contributed by atoms with Crippen LogP contribution in [0.5, 0.6) is 0 Å². The van der Waals surface area contributed by atoms with Crippen LogP contribution in [0.25, 0.3) is 6.08 Å². The Kier molecular flexibility index (Phi) is 4.68. The molecule has 4 rings (SSSR count). The largest absolute Gasteiger partial charge is 0.444 e. The van der Waals surface area contributed by atoms with E-state index in [0.717, 1.165) is 55.6 Å². The van der Waals surface area contributed by atoms with Gasteiger partial charge in [0, 0.05) is 44.0 Å². The zero-order chi connectivity index (χ0) is 19.9. The fourth-order valence-electron chi connectivity index (χ4n) is 4.44. The van der Waals surface area contributed by atoms with Gasteiger partial charge in [0.25, 0.3) is 0 Å². The third-order valence-electron chi connectivity index (χ3n) is 6.23. The lowest BCUT2D eigenvalue weighted by atomic mass is 9.91. The number of ether oxygens (including phenoxy) is 1. The van der Waals surface area contributed by atoms with Gasteiger partial charge in [-0.2, -0.15) is 0 Å². The van der Waals surface area contributed by atoms with Crippen LogP contribution in [0, 0.1) is 11.3 Å². The number of likely N-dealkylation sites (tertiary alicyclic amines) is 1. The average Bonchev–Trinajstić information content (AvgIpc) is 3.11. The van der Waals surface area contributed by atoms with Crippen LogP contribution >= 0.6 is 0 Å². The lowest BCUT2D eigenvalue weighted by Gasteiger charge is -2.34. The molecule has 0 bridgehead atoms. The summed E-state index contributed by atoms with van der Waals surface area (Å²) in [6, 6.07) is 1.97. The maximum atomic E-state index is 12.5. The number of carbonyl (C=O) groups excluding carboxylic acids is 2. The number of nitrogens with zero attached hydrogens (tertiary/aromatic N) is 2. The topological polar surface area (TPSA) is 71.5 Å². The summed E-state index contributed by atoms with van der Waals surface area (Å²) < 4.78 is 5.47. The summed E-state index contributed by atoms with van der Waals surface area (Å²) in [6.07, 6.45) is 9.12. The first kappa shape index (κ1) is 19.0. The van der Waals surface area contributed by atoms with E-state index in [-0.39, 0.29) is 12.0 Å². The highest BCUT2D eigenvalue weighted by molar-refractivity contribution is 6.00. The number of carbonyl (C=O) groups is 2. The second kappa shape index (κ2) is 6.90. The molecule has 1 aromatic rings. The minimum atomic E-state index is -0.455. The molecule has 6 nitrogen and oxygen atoms in total. The van der Waals surface area contributed by atoms with E-state index in [1.807, 2.05) is 44.0 Å². The molecule has 28 heavy (non-hydrogen) atoms. The molecule has 2 amide bonds. The molecule has 6 heteroatoms. The summed E-state index contributed by atoms with van der Waals surface area (Å²) in [5.41, 5.74) is 2.87. The molecule has 1 saturated heterocycles. The van der Waals surface area contributed by atoms with E-state index in [2.05, 4.69) is 10.3 Å². The summed E-state index contributed by atoms with van der Waals surface area (Å²) in [7, 11) is 0. The van der Waals surface area contributed by atoms with Crippen molar-refractivity contribution in [2.24, 2.45) is 11.3 Å². The van der Waals surface area contributed by atoms with E-state index in [9.17, 15) is 9.59 Å². The van der Waals surface area contributed by atoms with Gasteiger partial charge < -0.3 is 15.0 Å². The summed E-state index contributed by atoms with van der Waals surface area (Å²) >= 11 is 0. The summed E-state index contributed by atoms with van der Waals surface area (Å²) in [5.74, 6) is 0.549. The van der Waals surface area contributed by atoms with Crippen molar-refractivity contribution in [3.8, 4) is 0 Å². The van der Waals surface area contributed by atoms with Gasteiger partial charge in [-0.1, -0.05) is 0 Å². The summed E-state index contributed by atoms with van der Waals surface area (Å²) in [4.78, 5) is 30.7. The van der Waals surface area contributed by atoms with Crippen LogP contribution in [0.1, 0.15) is 51.2 Å². The molecule has 2 aliphatic carbocycles. The second-order valence-corrected chi connectivity index (χ2v) is 9.36. The van der Waals surface area contributed by atoms with Crippen molar-refractivity contribution in [3.63, 3.8) is 0 Å². The molecular weight excluding hydrogens is 354 g/mol. The Morgan fingerprint density at radius 1 is 1.32 bits per heavy atom. The lowest BCUT2D eigenvalue weighted by molar-refractivity contribution is -0.117. The smallest absolute Gasteiger partial charge is 0.410 e. The average molecular weight is 383 g/mol. The highest BCUT2D eigenvalue weighted by Gasteiger charge is 2.55. The monoisotopic (exact) mass is 383 g/mol. The Hall–Kier alpha value is -2.37. The molecule has 1 aliphatic heterocycles. The molecule has 1 spiro atoms.